The van der Waals surface area contributed by atoms with Gasteiger partial charge in [0.1, 0.15) is 11.5 Å². The number of nitrogens with zero attached hydrogens (tertiary/aromatic N) is 1. The predicted molar refractivity (Wildman–Crippen MR) is 84.1 cm³/mol. The molecule has 0 bridgehead atoms. The van der Waals surface area contributed by atoms with E-state index in [4.69, 9.17) is 4.42 Å². The second-order valence-electron chi connectivity index (χ2n) is 6.46. The molecule has 1 aliphatic rings. The van der Waals surface area contributed by atoms with Crippen LogP contribution in [0.4, 0.5) is 0 Å². The first-order valence-corrected chi connectivity index (χ1v) is 8.04. The lowest BCUT2D eigenvalue weighted by molar-refractivity contribution is -0.138. The van der Waals surface area contributed by atoms with Crippen LogP contribution in [0.2, 0.25) is 0 Å². The number of amides is 2. The van der Waals surface area contributed by atoms with Gasteiger partial charge >= 0.3 is 0 Å². The van der Waals surface area contributed by atoms with Crippen LogP contribution in [0.25, 0.3) is 0 Å². The maximum Gasteiger partial charge on any atom is 0.225 e. The maximum absolute atomic E-state index is 12.4. The Morgan fingerprint density at radius 3 is 2.64 bits per heavy atom. The Bertz CT molecular complexity index is 536. The minimum atomic E-state index is -0.155. The normalized spacial score (nSPS) is 20.0. The highest BCUT2D eigenvalue weighted by atomic mass is 16.3. The first-order chi connectivity index (χ1) is 10.4. The van der Waals surface area contributed by atoms with Gasteiger partial charge < -0.3 is 14.6 Å². The summed E-state index contributed by atoms with van der Waals surface area (Å²) >= 11 is 0. The zero-order chi connectivity index (χ0) is 16.3. The minimum Gasteiger partial charge on any atom is -0.464 e. The van der Waals surface area contributed by atoms with Crippen LogP contribution in [0.3, 0.4) is 0 Å². The number of hydrogen-bond donors (Lipinski definition) is 1. The number of carbonyl (C=O) groups is 2. The molecule has 1 saturated heterocycles. The van der Waals surface area contributed by atoms with E-state index in [0.717, 1.165) is 30.9 Å². The smallest absolute Gasteiger partial charge is 0.225 e. The van der Waals surface area contributed by atoms with Crippen molar-refractivity contribution in [1.29, 1.82) is 0 Å². The lowest BCUT2D eigenvalue weighted by atomic mass is 9.95. The van der Waals surface area contributed by atoms with E-state index in [1.165, 1.54) is 0 Å². The van der Waals surface area contributed by atoms with Gasteiger partial charge in [0.15, 0.2) is 0 Å². The van der Waals surface area contributed by atoms with Crippen LogP contribution in [0.1, 0.15) is 51.2 Å². The summed E-state index contributed by atoms with van der Waals surface area (Å²) in [6.07, 6.45) is 1.71. The van der Waals surface area contributed by atoms with Gasteiger partial charge in [0.05, 0.1) is 12.0 Å². The highest BCUT2D eigenvalue weighted by Crippen LogP contribution is 2.21. The van der Waals surface area contributed by atoms with Crippen molar-refractivity contribution in [2.75, 3.05) is 13.1 Å². The van der Waals surface area contributed by atoms with Crippen LogP contribution in [0.5, 0.6) is 0 Å². The zero-order valence-corrected chi connectivity index (χ0v) is 13.9. The lowest BCUT2D eigenvalue weighted by Crippen LogP contribution is -2.47. The highest BCUT2D eigenvalue weighted by Gasteiger charge is 2.30. The number of nitrogens with one attached hydrogen (secondary N) is 1. The summed E-state index contributed by atoms with van der Waals surface area (Å²) in [6.45, 7) is 8.87. The number of carbonyl (C=O) groups excluding carboxylic acids is 2. The fourth-order valence-corrected chi connectivity index (χ4v) is 2.84. The summed E-state index contributed by atoms with van der Waals surface area (Å²) in [5.41, 5.74) is 0. The van der Waals surface area contributed by atoms with Crippen LogP contribution >= 0.6 is 0 Å². The van der Waals surface area contributed by atoms with Crippen molar-refractivity contribution in [3.63, 3.8) is 0 Å². The van der Waals surface area contributed by atoms with Crippen molar-refractivity contribution in [2.45, 2.75) is 46.6 Å². The van der Waals surface area contributed by atoms with E-state index in [1.54, 1.807) is 0 Å². The molecule has 1 aliphatic heterocycles. The minimum absolute atomic E-state index is 0.00260. The van der Waals surface area contributed by atoms with Gasteiger partial charge in [-0.15, -0.1) is 0 Å². The van der Waals surface area contributed by atoms with Crippen molar-refractivity contribution in [3.8, 4) is 0 Å². The van der Waals surface area contributed by atoms with Crippen molar-refractivity contribution < 1.29 is 14.0 Å². The average molecular weight is 306 g/mol. The molecule has 1 N–H and O–H groups in total. The topological polar surface area (TPSA) is 62.6 Å². The third-order valence-electron chi connectivity index (χ3n) is 4.14. The summed E-state index contributed by atoms with van der Waals surface area (Å²) in [6, 6.07) is 3.62. The second-order valence-corrected chi connectivity index (χ2v) is 6.46. The van der Waals surface area contributed by atoms with Crippen LogP contribution in [-0.4, -0.2) is 29.8 Å². The standard InChI is InChI=1S/C17H26N2O3/c1-11(2)17(21)19-9-5-6-14(10-19)16(20)18-13(4)15-8-7-12(3)22-15/h7-8,11,13-14H,5-6,9-10H2,1-4H3,(H,18,20)/t13-,14+/m1/s1. The van der Waals surface area contributed by atoms with Gasteiger partial charge in [0.25, 0.3) is 0 Å². The Morgan fingerprint density at radius 1 is 1.32 bits per heavy atom. The number of piperidine rings is 1. The molecular weight excluding hydrogens is 280 g/mol. The van der Waals surface area contributed by atoms with Crippen molar-refractivity contribution in [3.05, 3.63) is 23.7 Å². The molecule has 0 aromatic carbocycles. The molecule has 2 atom stereocenters. The van der Waals surface area contributed by atoms with Gasteiger partial charge in [-0.3, -0.25) is 9.59 Å². The van der Waals surface area contributed by atoms with Gasteiger partial charge in [0, 0.05) is 19.0 Å². The maximum atomic E-state index is 12.4. The number of rotatable bonds is 4. The lowest BCUT2D eigenvalue weighted by Gasteiger charge is -2.33. The van der Waals surface area contributed by atoms with E-state index in [2.05, 4.69) is 5.32 Å². The van der Waals surface area contributed by atoms with Crippen molar-refractivity contribution in [1.82, 2.24) is 10.2 Å². The Balaban J connectivity index is 1.93. The van der Waals surface area contributed by atoms with Gasteiger partial charge in [-0.25, -0.2) is 0 Å². The molecule has 1 fully saturated rings. The third kappa shape index (κ3) is 3.90. The van der Waals surface area contributed by atoms with E-state index >= 15 is 0 Å². The quantitative estimate of drug-likeness (QED) is 0.930. The molecule has 1 aromatic rings. The summed E-state index contributed by atoms with van der Waals surface area (Å²) in [5.74, 6) is 1.58. The number of furan rings is 1. The monoisotopic (exact) mass is 306 g/mol. The largest absolute Gasteiger partial charge is 0.464 e. The van der Waals surface area contributed by atoms with Gasteiger partial charge in [-0.2, -0.15) is 0 Å². The Kier molecular flexibility index (Phi) is 5.27. The predicted octanol–water partition coefficient (Wildman–Crippen LogP) is 2.66. The van der Waals surface area contributed by atoms with Gasteiger partial charge in [-0.1, -0.05) is 13.8 Å². The number of likely N-dealkylation sites (tertiary alicyclic amines) is 1. The summed E-state index contributed by atoms with van der Waals surface area (Å²) < 4.78 is 5.55. The fourth-order valence-electron chi connectivity index (χ4n) is 2.84. The summed E-state index contributed by atoms with van der Waals surface area (Å²) in [4.78, 5) is 26.3. The first kappa shape index (κ1) is 16.6. The molecule has 0 unspecified atom stereocenters. The van der Waals surface area contributed by atoms with Crippen LogP contribution in [-0.2, 0) is 9.59 Å². The Morgan fingerprint density at radius 2 is 2.05 bits per heavy atom. The van der Waals surface area contributed by atoms with E-state index in [9.17, 15) is 9.59 Å². The van der Waals surface area contributed by atoms with Crippen LogP contribution in [0.15, 0.2) is 16.5 Å². The molecule has 0 saturated carbocycles. The zero-order valence-electron chi connectivity index (χ0n) is 13.9. The van der Waals surface area contributed by atoms with Crippen molar-refractivity contribution >= 4 is 11.8 Å². The molecule has 22 heavy (non-hydrogen) atoms. The van der Waals surface area contributed by atoms with E-state index in [-0.39, 0.29) is 29.7 Å². The van der Waals surface area contributed by atoms with E-state index < -0.39 is 0 Å². The molecule has 5 nitrogen and oxygen atoms in total. The highest BCUT2D eigenvalue weighted by molar-refractivity contribution is 5.82. The Hall–Kier alpha value is -1.78. The number of aryl methyl sites for hydroxylation is 1. The molecule has 122 valence electrons. The van der Waals surface area contributed by atoms with Gasteiger partial charge in [-0.05, 0) is 38.8 Å². The molecule has 5 heteroatoms. The summed E-state index contributed by atoms with van der Waals surface area (Å²) in [5, 5.41) is 3.00. The molecular formula is C17H26N2O3. The molecule has 2 rings (SSSR count). The fraction of sp³-hybridized carbons (Fsp3) is 0.647. The third-order valence-corrected chi connectivity index (χ3v) is 4.14. The van der Waals surface area contributed by atoms with Crippen LogP contribution in [0, 0.1) is 18.8 Å². The molecule has 0 spiro atoms. The van der Waals surface area contributed by atoms with E-state index in [1.807, 2.05) is 44.7 Å². The number of hydrogen-bond acceptors (Lipinski definition) is 3. The summed E-state index contributed by atoms with van der Waals surface area (Å²) in [7, 11) is 0. The van der Waals surface area contributed by atoms with Gasteiger partial charge in [0.2, 0.25) is 11.8 Å². The van der Waals surface area contributed by atoms with Crippen molar-refractivity contribution in [2.24, 2.45) is 11.8 Å². The first-order valence-electron chi connectivity index (χ1n) is 8.04. The SMILES string of the molecule is Cc1ccc([C@@H](C)NC(=O)[C@H]2CCCN(C(=O)C(C)C)C2)o1. The van der Waals surface area contributed by atoms with Crippen LogP contribution < -0.4 is 5.32 Å². The second kappa shape index (κ2) is 6.99. The molecule has 1 aromatic heterocycles. The Labute approximate surface area is 132 Å². The van der Waals surface area contributed by atoms with E-state index in [0.29, 0.717) is 6.54 Å². The molecule has 0 aliphatic carbocycles. The molecule has 0 radical (unpaired) electrons. The molecule has 2 amide bonds. The average Bonchev–Trinajstić information content (AvgIpc) is 2.93. The molecule has 2 heterocycles.